The van der Waals surface area contributed by atoms with Crippen LogP contribution in [-0.2, 0) is 4.79 Å². The molecule has 0 spiro atoms. The molecule has 0 amide bonds. The number of aliphatic carboxylic acids is 1. The third-order valence-electron chi connectivity index (χ3n) is 4.10. The third-order valence-corrected chi connectivity index (χ3v) is 5.27. The van der Waals surface area contributed by atoms with Gasteiger partial charge in [-0.2, -0.15) is 0 Å². The number of unbranched alkanes of at least 4 members (excludes halogenated alkanes) is 9. The second kappa shape index (κ2) is 15.9. The SMILES string of the molecule is CCCCCCCC[C@H](Cl)[C@H](Cl)CCCCCCCC(=O)O. The molecule has 2 atom stereocenters. The third kappa shape index (κ3) is 15.0. The Morgan fingerprint density at radius 2 is 1.18 bits per heavy atom. The minimum Gasteiger partial charge on any atom is -0.481 e. The number of alkyl halides is 2. The van der Waals surface area contributed by atoms with Gasteiger partial charge in [-0.15, -0.1) is 23.2 Å². The van der Waals surface area contributed by atoms with Gasteiger partial charge in [0, 0.05) is 17.2 Å². The van der Waals surface area contributed by atoms with Crippen LogP contribution in [0.25, 0.3) is 0 Å². The minimum absolute atomic E-state index is 0.0799. The van der Waals surface area contributed by atoms with Crippen molar-refractivity contribution in [3.05, 3.63) is 0 Å². The standard InChI is InChI=1S/C18H34Cl2O2/c1-2-3-4-5-7-10-13-16(19)17(20)14-11-8-6-9-12-15-18(21)22/h16-17H,2-15H2,1H3,(H,21,22)/t16-,17+/m0/s1. The zero-order valence-electron chi connectivity index (χ0n) is 14.2. The van der Waals surface area contributed by atoms with Crippen molar-refractivity contribution in [1.29, 1.82) is 0 Å². The van der Waals surface area contributed by atoms with Crippen LogP contribution in [0.3, 0.4) is 0 Å². The van der Waals surface area contributed by atoms with Crippen LogP contribution in [0.4, 0.5) is 0 Å². The van der Waals surface area contributed by atoms with Gasteiger partial charge in [-0.05, 0) is 19.3 Å². The van der Waals surface area contributed by atoms with E-state index in [1.54, 1.807) is 0 Å². The first-order valence-corrected chi connectivity index (χ1v) is 9.95. The van der Waals surface area contributed by atoms with Gasteiger partial charge in [-0.1, -0.05) is 71.1 Å². The second-order valence-electron chi connectivity index (χ2n) is 6.29. The summed E-state index contributed by atoms with van der Waals surface area (Å²) in [7, 11) is 0. The number of carboxylic acids is 1. The molecule has 1 N–H and O–H groups in total. The Bertz CT molecular complexity index is 259. The summed E-state index contributed by atoms with van der Waals surface area (Å²) < 4.78 is 0. The quantitative estimate of drug-likeness (QED) is 0.246. The lowest BCUT2D eigenvalue weighted by molar-refractivity contribution is -0.137. The number of carboxylic acid groups (broad SMARTS) is 1. The Labute approximate surface area is 147 Å². The van der Waals surface area contributed by atoms with Crippen molar-refractivity contribution in [3.63, 3.8) is 0 Å². The van der Waals surface area contributed by atoms with Crippen LogP contribution >= 0.6 is 23.2 Å². The highest BCUT2D eigenvalue weighted by atomic mass is 35.5. The summed E-state index contributed by atoms with van der Waals surface area (Å²) in [5.41, 5.74) is 0. The van der Waals surface area contributed by atoms with Gasteiger partial charge in [0.05, 0.1) is 0 Å². The molecule has 0 aromatic rings. The van der Waals surface area contributed by atoms with Gasteiger partial charge in [-0.3, -0.25) is 4.79 Å². The Hall–Kier alpha value is 0.0500. The average Bonchev–Trinajstić information content (AvgIpc) is 2.49. The van der Waals surface area contributed by atoms with Crippen molar-refractivity contribution in [2.24, 2.45) is 0 Å². The summed E-state index contributed by atoms with van der Waals surface area (Å²) in [6.45, 7) is 2.24. The molecule has 132 valence electrons. The summed E-state index contributed by atoms with van der Waals surface area (Å²) >= 11 is 12.7. The predicted octanol–water partition coefficient (Wildman–Crippen LogP) is 6.77. The highest BCUT2D eigenvalue weighted by molar-refractivity contribution is 6.29. The van der Waals surface area contributed by atoms with E-state index in [0.717, 1.165) is 44.9 Å². The summed E-state index contributed by atoms with van der Waals surface area (Å²) in [6, 6.07) is 0. The molecular formula is C18H34Cl2O2. The maximum atomic E-state index is 10.4. The molecule has 0 aliphatic heterocycles. The predicted molar refractivity (Wildman–Crippen MR) is 97.2 cm³/mol. The molecule has 0 aliphatic carbocycles. The molecule has 0 heterocycles. The number of carbonyl (C=O) groups is 1. The molecule has 0 rings (SSSR count). The van der Waals surface area contributed by atoms with E-state index in [1.807, 2.05) is 0 Å². The normalized spacial score (nSPS) is 14.0. The molecule has 0 saturated heterocycles. The summed E-state index contributed by atoms with van der Waals surface area (Å²) in [5, 5.41) is 8.73. The van der Waals surface area contributed by atoms with Crippen LogP contribution in [0.2, 0.25) is 0 Å². The van der Waals surface area contributed by atoms with E-state index >= 15 is 0 Å². The van der Waals surface area contributed by atoms with Gasteiger partial charge in [0.15, 0.2) is 0 Å². The molecule has 2 nitrogen and oxygen atoms in total. The van der Waals surface area contributed by atoms with Crippen LogP contribution in [0.5, 0.6) is 0 Å². The lowest BCUT2D eigenvalue weighted by Gasteiger charge is -2.16. The monoisotopic (exact) mass is 352 g/mol. The maximum Gasteiger partial charge on any atom is 0.303 e. The molecule has 0 fully saturated rings. The minimum atomic E-state index is -0.694. The number of hydrogen-bond acceptors (Lipinski definition) is 1. The van der Waals surface area contributed by atoms with E-state index < -0.39 is 5.97 Å². The zero-order valence-corrected chi connectivity index (χ0v) is 15.7. The van der Waals surface area contributed by atoms with Crippen LogP contribution in [0.1, 0.15) is 96.8 Å². The van der Waals surface area contributed by atoms with Crippen LogP contribution in [-0.4, -0.2) is 21.8 Å². The van der Waals surface area contributed by atoms with Crippen molar-refractivity contribution in [2.45, 2.75) is 108 Å². The Morgan fingerprint density at radius 3 is 1.64 bits per heavy atom. The zero-order chi connectivity index (χ0) is 16.6. The van der Waals surface area contributed by atoms with Crippen LogP contribution in [0, 0.1) is 0 Å². The number of hydrogen-bond donors (Lipinski definition) is 1. The van der Waals surface area contributed by atoms with Gasteiger partial charge in [0.1, 0.15) is 0 Å². The van der Waals surface area contributed by atoms with E-state index in [4.69, 9.17) is 28.3 Å². The first-order valence-electron chi connectivity index (χ1n) is 9.07. The molecule has 22 heavy (non-hydrogen) atoms. The summed E-state index contributed by atoms with van der Waals surface area (Å²) in [5.74, 6) is -0.694. The fourth-order valence-electron chi connectivity index (χ4n) is 2.63. The largest absolute Gasteiger partial charge is 0.481 e. The van der Waals surface area contributed by atoms with E-state index in [1.165, 1.54) is 38.5 Å². The van der Waals surface area contributed by atoms with E-state index in [2.05, 4.69) is 6.92 Å². The highest BCUT2D eigenvalue weighted by Crippen LogP contribution is 2.23. The molecule has 0 radical (unpaired) electrons. The Morgan fingerprint density at radius 1 is 0.773 bits per heavy atom. The van der Waals surface area contributed by atoms with Gasteiger partial charge in [0.25, 0.3) is 0 Å². The van der Waals surface area contributed by atoms with Gasteiger partial charge < -0.3 is 5.11 Å². The fourth-order valence-corrected chi connectivity index (χ4v) is 3.19. The molecule has 0 aromatic carbocycles. The Kier molecular flexibility index (Phi) is 16.0. The van der Waals surface area contributed by atoms with E-state index in [-0.39, 0.29) is 10.8 Å². The van der Waals surface area contributed by atoms with Crippen LogP contribution < -0.4 is 0 Å². The first kappa shape index (κ1) is 22.1. The van der Waals surface area contributed by atoms with Gasteiger partial charge >= 0.3 is 5.97 Å². The van der Waals surface area contributed by atoms with Crippen molar-refractivity contribution < 1.29 is 9.90 Å². The number of halogens is 2. The topological polar surface area (TPSA) is 37.3 Å². The Balaban J connectivity index is 3.38. The molecule has 0 saturated carbocycles. The maximum absolute atomic E-state index is 10.4. The molecule has 0 aromatic heterocycles. The highest BCUT2D eigenvalue weighted by Gasteiger charge is 2.15. The smallest absolute Gasteiger partial charge is 0.303 e. The van der Waals surface area contributed by atoms with Gasteiger partial charge in [0.2, 0.25) is 0 Å². The van der Waals surface area contributed by atoms with E-state index in [0.29, 0.717) is 6.42 Å². The fraction of sp³-hybridized carbons (Fsp3) is 0.944. The summed E-state index contributed by atoms with van der Waals surface area (Å²) in [4.78, 5) is 10.4. The molecule has 0 bridgehead atoms. The van der Waals surface area contributed by atoms with Crippen molar-refractivity contribution >= 4 is 29.2 Å². The average molecular weight is 353 g/mol. The lowest BCUT2D eigenvalue weighted by atomic mass is 10.0. The molecule has 0 aliphatic rings. The van der Waals surface area contributed by atoms with Crippen LogP contribution in [0.15, 0.2) is 0 Å². The van der Waals surface area contributed by atoms with Crippen molar-refractivity contribution in [1.82, 2.24) is 0 Å². The van der Waals surface area contributed by atoms with E-state index in [9.17, 15) is 4.79 Å². The second-order valence-corrected chi connectivity index (χ2v) is 7.41. The van der Waals surface area contributed by atoms with Crippen molar-refractivity contribution in [3.8, 4) is 0 Å². The summed E-state index contributed by atoms with van der Waals surface area (Å²) in [6.07, 6.45) is 15.2. The molecule has 0 unspecified atom stereocenters. The molecule has 4 heteroatoms. The number of rotatable bonds is 16. The first-order chi connectivity index (χ1) is 10.6. The molecular weight excluding hydrogens is 319 g/mol. The lowest BCUT2D eigenvalue weighted by Crippen LogP contribution is -2.14. The van der Waals surface area contributed by atoms with Gasteiger partial charge in [-0.25, -0.2) is 0 Å². The van der Waals surface area contributed by atoms with Crippen molar-refractivity contribution in [2.75, 3.05) is 0 Å².